The maximum atomic E-state index is 13.1. The molecular weight excluding hydrogens is 460 g/mol. The molecule has 3 aromatic heterocycles. The summed E-state index contributed by atoms with van der Waals surface area (Å²) in [6.07, 6.45) is 4.13. The third-order valence-corrected chi connectivity index (χ3v) is 7.60. The molecule has 1 N–H and O–H groups in total. The number of hydrogen-bond acceptors (Lipinski definition) is 7. The van der Waals surface area contributed by atoms with E-state index in [1.807, 2.05) is 29.8 Å². The van der Waals surface area contributed by atoms with Gasteiger partial charge in [0.25, 0.3) is 5.56 Å². The Morgan fingerprint density at radius 1 is 1.29 bits per heavy atom. The Kier molecular flexibility index (Phi) is 7.36. The first-order chi connectivity index (χ1) is 17.1. The highest BCUT2D eigenvalue weighted by atomic mass is 32.1. The molecule has 35 heavy (non-hydrogen) atoms. The molecule has 184 valence electrons. The van der Waals surface area contributed by atoms with E-state index in [1.54, 1.807) is 11.3 Å². The monoisotopic (exact) mass is 492 g/mol. The number of ether oxygens (including phenoxy) is 1. The van der Waals surface area contributed by atoms with Gasteiger partial charge in [0.15, 0.2) is 5.82 Å². The number of benzene rings is 1. The summed E-state index contributed by atoms with van der Waals surface area (Å²) in [5, 5.41) is 16.0. The van der Waals surface area contributed by atoms with Gasteiger partial charge in [0.1, 0.15) is 0 Å². The minimum Gasteiger partial charge on any atom is -0.376 e. The van der Waals surface area contributed by atoms with Crippen molar-refractivity contribution >= 4 is 22.2 Å². The van der Waals surface area contributed by atoms with E-state index in [0.717, 1.165) is 66.7 Å². The van der Waals surface area contributed by atoms with Crippen LogP contribution < -0.4 is 5.56 Å². The van der Waals surface area contributed by atoms with Crippen LogP contribution in [-0.2, 0) is 24.4 Å². The fourth-order valence-corrected chi connectivity index (χ4v) is 5.68. The second-order valence-corrected chi connectivity index (χ2v) is 10.3. The van der Waals surface area contributed by atoms with Crippen LogP contribution in [0.4, 0.5) is 0 Å². The predicted molar refractivity (Wildman–Crippen MR) is 137 cm³/mol. The fraction of sp³-hybridized carbons (Fsp3) is 0.462. The lowest BCUT2D eigenvalue weighted by Crippen LogP contribution is -2.33. The molecule has 5 rings (SSSR count). The zero-order chi connectivity index (χ0) is 24.2. The quantitative estimate of drug-likeness (QED) is 0.348. The second-order valence-electron chi connectivity index (χ2n) is 9.31. The Balaban J connectivity index is 1.50. The maximum Gasteiger partial charge on any atom is 0.252 e. The standard InChI is InChI=1S/C26H32N6O2S/c1-3-7-23(25-28-29-30-32(25)16-21-10-5-12-34-21)31(17-22-11-6-13-35-22)15-20-14-19-9-4-8-18(2)24(19)27-26(20)33/h4,6,8-9,11,13-14,21,23H,3,5,7,10,12,15-17H2,1-2H3,(H,27,33). The number of aryl methyl sites for hydroxylation is 1. The van der Waals surface area contributed by atoms with Gasteiger partial charge in [-0.2, -0.15) is 0 Å². The molecule has 9 heteroatoms. The number of hydrogen-bond donors (Lipinski definition) is 1. The van der Waals surface area contributed by atoms with Crippen LogP contribution in [0.15, 0.2) is 46.6 Å². The zero-order valence-corrected chi connectivity index (χ0v) is 21.1. The van der Waals surface area contributed by atoms with Crippen LogP contribution in [0.25, 0.3) is 10.9 Å². The smallest absolute Gasteiger partial charge is 0.252 e. The van der Waals surface area contributed by atoms with E-state index in [1.165, 1.54) is 4.88 Å². The average molecular weight is 493 g/mol. The molecule has 1 aliphatic rings. The normalized spacial score (nSPS) is 16.9. The van der Waals surface area contributed by atoms with Crippen LogP contribution in [0.1, 0.15) is 60.5 Å². The third kappa shape index (κ3) is 5.37. The fourth-order valence-electron chi connectivity index (χ4n) is 4.95. The number of aromatic amines is 1. The van der Waals surface area contributed by atoms with Crippen LogP contribution in [0.3, 0.4) is 0 Å². The Morgan fingerprint density at radius 3 is 2.97 bits per heavy atom. The topological polar surface area (TPSA) is 88.9 Å². The van der Waals surface area contributed by atoms with Crippen LogP contribution in [0, 0.1) is 6.92 Å². The van der Waals surface area contributed by atoms with Gasteiger partial charge in [0.2, 0.25) is 0 Å². The maximum absolute atomic E-state index is 13.1. The lowest BCUT2D eigenvalue weighted by molar-refractivity contribution is 0.0885. The third-order valence-electron chi connectivity index (χ3n) is 6.74. The molecule has 1 fully saturated rings. The number of pyridine rings is 1. The molecule has 0 amide bonds. The SMILES string of the molecule is CCCC(c1nnnn1CC1CCCO1)N(Cc1cccs1)Cc1cc2cccc(C)c2[nH]c1=O. The Labute approximate surface area is 208 Å². The number of nitrogens with one attached hydrogen (secondary N) is 1. The van der Waals surface area contributed by atoms with Gasteiger partial charge in [0.05, 0.1) is 24.2 Å². The summed E-state index contributed by atoms with van der Waals surface area (Å²) in [6.45, 7) is 6.89. The van der Waals surface area contributed by atoms with Crippen LogP contribution in [0.2, 0.25) is 0 Å². The molecule has 0 saturated carbocycles. The molecule has 0 radical (unpaired) electrons. The summed E-state index contributed by atoms with van der Waals surface area (Å²) in [5.74, 6) is 0.840. The summed E-state index contributed by atoms with van der Waals surface area (Å²) < 4.78 is 7.76. The summed E-state index contributed by atoms with van der Waals surface area (Å²) in [7, 11) is 0. The van der Waals surface area contributed by atoms with E-state index in [0.29, 0.717) is 13.1 Å². The molecule has 0 spiro atoms. The van der Waals surface area contributed by atoms with Crippen molar-refractivity contribution in [3.05, 3.63) is 74.0 Å². The highest BCUT2D eigenvalue weighted by Gasteiger charge is 2.28. The minimum absolute atomic E-state index is 0.0221. The summed E-state index contributed by atoms with van der Waals surface area (Å²) in [5.41, 5.74) is 2.67. The van der Waals surface area contributed by atoms with Gasteiger partial charge >= 0.3 is 0 Å². The number of tetrazole rings is 1. The first kappa shape index (κ1) is 23.8. The Hall–Kier alpha value is -2.88. The second kappa shape index (κ2) is 10.8. The van der Waals surface area contributed by atoms with E-state index < -0.39 is 0 Å². The van der Waals surface area contributed by atoms with Gasteiger partial charge in [-0.3, -0.25) is 9.69 Å². The van der Waals surface area contributed by atoms with Crippen molar-refractivity contribution in [1.82, 2.24) is 30.1 Å². The van der Waals surface area contributed by atoms with Crippen molar-refractivity contribution in [2.24, 2.45) is 0 Å². The van der Waals surface area contributed by atoms with E-state index in [2.05, 4.69) is 55.9 Å². The Morgan fingerprint density at radius 2 is 2.20 bits per heavy atom. The van der Waals surface area contributed by atoms with Crippen molar-refractivity contribution in [3.63, 3.8) is 0 Å². The summed E-state index contributed by atoms with van der Waals surface area (Å²) in [4.78, 5) is 19.9. The molecule has 0 bridgehead atoms. The molecule has 2 unspecified atom stereocenters. The number of para-hydroxylation sites is 1. The number of rotatable bonds is 10. The van der Waals surface area contributed by atoms with Gasteiger partial charge in [-0.15, -0.1) is 16.4 Å². The number of thiophene rings is 1. The number of nitrogens with zero attached hydrogens (tertiary/aromatic N) is 5. The van der Waals surface area contributed by atoms with Crippen molar-refractivity contribution in [2.75, 3.05) is 6.61 Å². The molecule has 1 aromatic carbocycles. The van der Waals surface area contributed by atoms with E-state index in [9.17, 15) is 4.79 Å². The molecule has 1 saturated heterocycles. The summed E-state index contributed by atoms with van der Waals surface area (Å²) >= 11 is 1.73. The molecule has 4 heterocycles. The van der Waals surface area contributed by atoms with Crippen LogP contribution in [-0.4, -0.2) is 42.8 Å². The van der Waals surface area contributed by atoms with Crippen molar-refractivity contribution in [2.45, 2.75) is 71.3 Å². The van der Waals surface area contributed by atoms with E-state index in [4.69, 9.17) is 4.74 Å². The molecular formula is C26H32N6O2S. The minimum atomic E-state index is -0.0443. The number of aromatic nitrogens is 5. The molecule has 8 nitrogen and oxygen atoms in total. The largest absolute Gasteiger partial charge is 0.376 e. The molecule has 1 aliphatic heterocycles. The number of fused-ring (bicyclic) bond motifs is 1. The van der Waals surface area contributed by atoms with E-state index >= 15 is 0 Å². The molecule has 2 atom stereocenters. The Bertz CT molecular complexity index is 1310. The lowest BCUT2D eigenvalue weighted by atomic mass is 10.1. The van der Waals surface area contributed by atoms with Gasteiger partial charge in [0, 0.05) is 30.1 Å². The predicted octanol–water partition coefficient (Wildman–Crippen LogP) is 4.61. The highest BCUT2D eigenvalue weighted by Crippen LogP contribution is 2.29. The first-order valence-corrected chi connectivity index (χ1v) is 13.3. The van der Waals surface area contributed by atoms with Gasteiger partial charge in [-0.1, -0.05) is 37.6 Å². The highest BCUT2D eigenvalue weighted by molar-refractivity contribution is 7.09. The van der Waals surface area contributed by atoms with Crippen LogP contribution in [0.5, 0.6) is 0 Å². The molecule has 4 aromatic rings. The first-order valence-electron chi connectivity index (χ1n) is 12.4. The summed E-state index contributed by atoms with van der Waals surface area (Å²) in [6, 6.07) is 12.3. The van der Waals surface area contributed by atoms with Gasteiger partial charge in [-0.05, 0) is 65.1 Å². The van der Waals surface area contributed by atoms with Gasteiger partial charge < -0.3 is 9.72 Å². The zero-order valence-electron chi connectivity index (χ0n) is 20.3. The van der Waals surface area contributed by atoms with Crippen molar-refractivity contribution in [1.29, 1.82) is 0 Å². The van der Waals surface area contributed by atoms with Crippen molar-refractivity contribution in [3.8, 4) is 0 Å². The lowest BCUT2D eigenvalue weighted by Gasteiger charge is -2.30. The number of H-pyrrole nitrogens is 1. The van der Waals surface area contributed by atoms with Crippen molar-refractivity contribution < 1.29 is 4.74 Å². The average Bonchev–Trinajstić information content (AvgIpc) is 3.63. The van der Waals surface area contributed by atoms with Crippen LogP contribution >= 0.6 is 11.3 Å². The molecule has 0 aliphatic carbocycles. The van der Waals surface area contributed by atoms with Gasteiger partial charge in [-0.25, -0.2) is 4.68 Å². The van der Waals surface area contributed by atoms with E-state index in [-0.39, 0.29) is 17.7 Å².